The number of allylic oxidation sites excluding steroid dienone is 2. The summed E-state index contributed by atoms with van der Waals surface area (Å²) in [7, 11) is 2.71. The average Bonchev–Trinajstić information content (AvgIpc) is 3.69. The number of halogens is 4. The summed E-state index contributed by atoms with van der Waals surface area (Å²) in [6.45, 7) is 0. The van der Waals surface area contributed by atoms with E-state index < -0.39 is 51.1 Å². The summed E-state index contributed by atoms with van der Waals surface area (Å²) < 4.78 is 11.9. The van der Waals surface area contributed by atoms with Gasteiger partial charge in [0.15, 0.2) is 26.8 Å². The summed E-state index contributed by atoms with van der Waals surface area (Å²) in [5, 5.41) is 10.7. The molecule has 3 fully saturated rings. The first-order valence-corrected chi connectivity index (χ1v) is 17.7. The number of phenolic OH excluding ortho intramolecular Hbond substituents is 1. The zero-order valence-electron chi connectivity index (χ0n) is 25.7. The molecule has 8 rings (SSSR count). The Labute approximate surface area is 306 Å². The Morgan fingerprint density at radius 3 is 2.39 bits per heavy atom. The second-order valence-corrected chi connectivity index (χ2v) is 15.5. The van der Waals surface area contributed by atoms with E-state index in [1.54, 1.807) is 24.3 Å². The van der Waals surface area contributed by atoms with Gasteiger partial charge in [0.2, 0.25) is 17.7 Å². The quantitative estimate of drug-likeness (QED) is 0.133. The molecule has 10 nitrogen and oxygen atoms in total. The maximum absolute atomic E-state index is 14.4. The Hall–Kier alpha value is -3.71. The highest BCUT2D eigenvalue weighted by Crippen LogP contribution is 2.66. The van der Waals surface area contributed by atoms with Crippen LogP contribution in [-0.2, 0) is 19.2 Å². The normalized spacial score (nSPS) is 29.3. The standard InChI is InChI=1S/C35H25Br2Cl2N3O7/c1-41-32(46)34(38)14-20-17(25(35(34,39)33(41)47)19-13-23(48-2)28(43)27(37)26(19)36)11-12-18-24(20)31(45)42(30(18)44)16-9-7-15(8-10-16)29-40-21-5-3-4-6-22(21)49-29/h3-11,13,18,20,24-25,43H,12,14H2,1-2H3. The largest absolute Gasteiger partial charge is 0.503 e. The molecule has 2 aliphatic heterocycles. The van der Waals surface area contributed by atoms with Crippen molar-refractivity contribution < 1.29 is 33.4 Å². The Bertz CT molecular complexity index is 2160. The molecule has 4 amide bonds. The molecule has 4 aliphatic rings. The molecule has 2 aliphatic carbocycles. The predicted molar refractivity (Wildman–Crippen MR) is 187 cm³/mol. The lowest BCUT2D eigenvalue weighted by atomic mass is 9.56. The molecule has 1 aromatic heterocycles. The molecular weight excluding hydrogens is 805 g/mol. The van der Waals surface area contributed by atoms with E-state index in [-0.39, 0.29) is 34.7 Å². The van der Waals surface area contributed by atoms with Crippen LogP contribution in [0, 0.1) is 17.8 Å². The van der Waals surface area contributed by atoms with Gasteiger partial charge in [0, 0.05) is 23.0 Å². The second kappa shape index (κ2) is 11.1. The fourth-order valence-corrected chi connectivity index (χ4v) is 10.0. The first-order chi connectivity index (χ1) is 23.3. The van der Waals surface area contributed by atoms with Gasteiger partial charge < -0.3 is 14.3 Å². The number of methoxy groups -OCH3 is 1. The van der Waals surface area contributed by atoms with Crippen molar-refractivity contribution in [2.24, 2.45) is 17.8 Å². The molecule has 3 heterocycles. The molecular formula is C35H25Br2Cl2N3O7. The lowest BCUT2D eigenvalue weighted by Gasteiger charge is -2.51. The Balaban J connectivity index is 1.21. The topological polar surface area (TPSA) is 130 Å². The van der Waals surface area contributed by atoms with Crippen molar-refractivity contribution in [3.63, 3.8) is 0 Å². The van der Waals surface area contributed by atoms with Crippen LogP contribution >= 0.6 is 55.1 Å². The molecule has 0 radical (unpaired) electrons. The van der Waals surface area contributed by atoms with Gasteiger partial charge in [0.25, 0.3) is 11.8 Å². The summed E-state index contributed by atoms with van der Waals surface area (Å²) in [5.41, 5.74) is 3.43. The highest BCUT2D eigenvalue weighted by molar-refractivity contribution is 9.13. The molecule has 49 heavy (non-hydrogen) atoms. The van der Waals surface area contributed by atoms with Gasteiger partial charge in [-0.1, -0.05) is 23.8 Å². The van der Waals surface area contributed by atoms with Gasteiger partial charge in [-0.05, 0) is 98.6 Å². The van der Waals surface area contributed by atoms with Crippen LogP contribution in [-0.4, -0.2) is 62.5 Å². The van der Waals surface area contributed by atoms with E-state index in [1.807, 2.05) is 30.3 Å². The number of benzene rings is 3. The minimum absolute atomic E-state index is 0.0895. The molecule has 250 valence electrons. The number of anilines is 1. The van der Waals surface area contributed by atoms with Gasteiger partial charge in [0.05, 0.1) is 29.1 Å². The number of carbonyl (C=O) groups is 4. The third-order valence-corrected chi connectivity index (χ3v) is 14.0. The van der Waals surface area contributed by atoms with Crippen molar-refractivity contribution in [1.82, 2.24) is 9.88 Å². The van der Waals surface area contributed by atoms with Crippen molar-refractivity contribution in [1.29, 1.82) is 0 Å². The van der Waals surface area contributed by atoms with Crippen LogP contribution in [0.1, 0.15) is 24.3 Å². The smallest absolute Gasteiger partial charge is 0.253 e. The summed E-state index contributed by atoms with van der Waals surface area (Å²) in [6.07, 6.45) is 1.90. The van der Waals surface area contributed by atoms with Crippen molar-refractivity contribution in [2.75, 3.05) is 19.1 Å². The average molecular weight is 830 g/mol. The van der Waals surface area contributed by atoms with Crippen molar-refractivity contribution in [2.45, 2.75) is 28.5 Å². The van der Waals surface area contributed by atoms with Gasteiger partial charge in [-0.25, -0.2) is 4.98 Å². The molecule has 6 atom stereocenters. The molecule has 1 N–H and O–H groups in total. The van der Waals surface area contributed by atoms with Crippen LogP contribution < -0.4 is 9.64 Å². The highest BCUT2D eigenvalue weighted by atomic mass is 79.9. The monoisotopic (exact) mass is 827 g/mol. The Kier molecular flexibility index (Phi) is 7.39. The van der Waals surface area contributed by atoms with Gasteiger partial charge >= 0.3 is 0 Å². The van der Waals surface area contributed by atoms with Gasteiger partial charge in [0.1, 0.15) is 5.52 Å². The first-order valence-electron chi connectivity index (χ1n) is 15.3. The number of phenols is 1. The zero-order chi connectivity index (χ0) is 34.7. The fourth-order valence-electron chi connectivity index (χ4n) is 8.07. The van der Waals surface area contributed by atoms with E-state index in [9.17, 15) is 24.3 Å². The SMILES string of the molecule is COc1cc(C2C3=CCC4C(=O)N(c5ccc(-c6nc7ccccc7o6)cc5)C(=O)C4C3CC3(Cl)C(=O)N(C)C(=O)C23Cl)c(Br)c(Br)c1O. The van der Waals surface area contributed by atoms with E-state index in [0.29, 0.717) is 43.9 Å². The molecule has 3 aromatic carbocycles. The number of likely N-dealkylation sites (tertiary alicyclic amines) is 1. The lowest BCUT2D eigenvalue weighted by Crippen LogP contribution is -2.60. The number of para-hydroxylation sites is 2. The number of carbonyl (C=O) groups excluding carboxylic acids is 4. The van der Waals surface area contributed by atoms with E-state index in [0.717, 1.165) is 4.90 Å². The van der Waals surface area contributed by atoms with Crippen molar-refractivity contribution >= 4 is 95.5 Å². The number of rotatable bonds is 4. The summed E-state index contributed by atoms with van der Waals surface area (Å²) in [5.74, 6) is -5.24. The van der Waals surface area contributed by atoms with Crippen LogP contribution in [0.4, 0.5) is 5.69 Å². The summed E-state index contributed by atoms with van der Waals surface area (Å²) in [6, 6.07) is 15.8. The molecule has 0 bridgehead atoms. The number of nitrogens with zero attached hydrogens (tertiary/aromatic N) is 3. The Morgan fingerprint density at radius 2 is 1.69 bits per heavy atom. The number of hydrogen-bond acceptors (Lipinski definition) is 8. The van der Waals surface area contributed by atoms with E-state index in [1.165, 1.54) is 25.1 Å². The van der Waals surface area contributed by atoms with Crippen LogP contribution in [0.15, 0.2) is 79.6 Å². The molecule has 0 spiro atoms. The lowest BCUT2D eigenvalue weighted by molar-refractivity contribution is -0.138. The molecule has 1 saturated carbocycles. The zero-order valence-corrected chi connectivity index (χ0v) is 30.4. The second-order valence-electron chi connectivity index (χ2n) is 12.7. The summed E-state index contributed by atoms with van der Waals surface area (Å²) in [4.78, 5) is 58.8. The molecule has 14 heteroatoms. The number of hydrogen-bond donors (Lipinski definition) is 1. The van der Waals surface area contributed by atoms with E-state index in [2.05, 4.69) is 36.8 Å². The number of imide groups is 2. The highest BCUT2D eigenvalue weighted by Gasteiger charge is 2.76. The minimum atomic E-state index is -1.99. The molecule has 2 saturated heterocycles. The van der Waals surface area contributed by atoms with Crippen LogP contribution in [0.5, 0.6) is 11.5 Å². The fraction of sp³-hybridized carbons (Fsp3) is 0.286. The van der Waals surface area contributed by atoms with E-state index in [4.69, 9.17) is 32.4 Å². The van der Waals surface area contributed by atoms with Gasteiger partial charge in [-0.15, -0.1) is 23.2 Å². The number of aromatic hydroxyl groups is 1. The number of alkyl halides is 2. The maximum Gasteiger partial charge on any atom is 0.253 e. The summed E-state index contributed by atoms with van der Waals surface area (Å²) >= 11 is 21.5. The maximum atomic E-state index is 14.4. The first kappa shape index (κ1) is 32.5. The minimum Gasteiger partial charge on any atom is -0.503 e. The van der Waals surface area contributed by atoms with Gasteiger partial charge in [-0.2, -0.15) is 0 Å². The Morgan fingerprint density at radius 1 is 0.980 bits per heavy atom. The third-order valence-electron chi connectivity index (χ3n) is 10.4. The van der Waals surface area contributed by atoms with E-state index >= 15 is 0 Å². The van der Waals surface area contributed by atoms with Crippen LogP contribution in [0.25, 0.3) is 22.6 Å². The number of oxazole rings is 1. The molecule has 6 unspecified atom stereocenters. The third kappa shape index (κ3) is 4.26. The predicted octanol–water partition coefficient (Wildman–Crippen LogP) is 6.93. The number of ether oxygens (including phenoxy) is 1. The van der Waals surface area contributed by atoms with Crippen LogP contribution in [0.2, 0.25) is 0 Å². The number of aromatic nitrogens is 1. The molecule has 4 aromatic rings. The number of amides is 4. The van der Waals surface area contributed by atoms with Crippen LogP contribution in [0.3, 0.4) is 0 Å². The number of fused-ring (bicyclic) bond motifs is 5. The van der Waals surface area contributed by atoms with Crippen molar-refractivity contribution in [3.8, 4) is 23.0 Å². The van der Waals surface area contributed by atoms with Crippen molar-refractivity contribution in [3.05, 3.63) is 80.8 Å². The van der Waals surface area contributed by atoms with Gasteiger partial charge in [-0.3, -0.25) is 29.0 Å².